The van der Waals surface area contributed by atoms with Gasteiger partial charge < -0.3 is 0 Å². The highest BCUT2D eigenvalue weighted by Crippen LogP contribution is 2.20. The predicted octanol–water partition coefficient (Wildman–Crippen LogP) is 5.56. The summed E-state index contributed by atoms with van der Waals surface area (Å²) >= 11 is 0. The van der Waals surface area contributed by atoms with Crippen LogP contribution >= 0.6 is 0 Å². The Kier molecular flexibility index (Phi) is 9.22. The molecule has 24 heavy (non-hydrogen) atoms. The maximum absolute atomic E-state index is 13.3. The van der Waals surface area contributed by atoms with E-state index in [4.69, 9.17) is 0 Å². The molecular formula is C21H39FN2. The predicted molar refractivity (Wildman–Crippen MR) is 104 cm³/mol. The molecule has 0 saturated heterocycles. The topological polar surface area (TPSA) is 6.48 Å². The smallest absolute Gasteiger partial charge is 0.113 e. The van der Waals surface area contributed by atoms with Crippen molar-refractivity contribution in [1.82, 2.24) is 9.80 Å². The minimum absolute atomic E-state index is 0.0208. The number of rotatable bonds is 2. The summed E-state index contributed by atoms with van der Waals surface area (Å²) in [6.07, 6.45) is 8.56. The monoisotopic (exact) mass is 338 g/mol. The average Bonchev–Trinajstić information content (AvgIpc) is 2.76. The Morgan fingerprint density at radius 2 is 1.58 bits per heavy atom. The van der Waals surface area contributed by atoms with Crippen molar-refractivity contribution in [1.29, 1.82) is 0 Å². The van der Waals surface area contributed by atoms with Crippen LogP contribution in [0.25, 0.3) is 0 Å². The summed E-state index contributed by atoms with van der Waals surface area (Å²) in [6.45, 7) is 17.6. The van der Waals surface area contributed by atoms with E-state index in [1.54, 1.807) is 11.6 Å². The summed E-state index contributed by atoms with van der Waals surface area (Å²) in [6, 6.07) is 1.84. The second-order valence-electron chi connectivity index (χ2n) is 7.96. The molecular weight excluding hydrogens is 299 g/mol. The van der Waals surface area contributed by atoms with Gasteiger partial charge in [-0.25, -0.2) is 4.39 Å². The standard InChI is InChI=1S/C11H21N.C10H18FN/c1-9(2)12-7-5-6-10(3)8-11(12)4;1-8(2)12-7-5-4-6-10(11)9(12)3/h6,9,11H,5,7-8H2,1-4H3;6,8-9H,4-5,7H2,1-3H3. The Bertz CT molecular complexity index is 426. The summed E-state index contributed by atoms with van der Waals surface area (Å²) in [5.74, 6) is 0.0428. The summed E-state index contributed by atoms with van der Waals surface area (Å²) in [7, 11) is 0. The van der Waals surface area contributed by atoms with Crippen LogP contribution < -0.4 is 0 Å². The number of halogens is 1. The molecule has 2 unspecified atom stereocenters. The van der Waals surface area contributed by atoms with Gasteiger partial charge in [0.25, 0.3) is 0 Å². The minimum atomic E-state index is -0.0208. The molecule has 0 N–H and O–H groups in total. The van der Waals surface area contributed by atoms with Gasteiger partial charge in [0, 0.05) is 24.7 Å². The second kappa shape index (κ2) is 10.4. The third kappa shape index (κ3) is 6.68. The largest absolute Gasteiger partial charge is 0.298 e. The summed E-state index contributed by atoms with van der Waals surface area (Å²) < 4.78 is 13.3. The van der Waals surface area contributed by atoms with Crippen molar-refractivity contribution in [2.75, 3.05) is 13.1 Å². The van der Waals surface area contributed by atoms with E-state index >= 15 is 0 Å². The van der Waals surface area contributed by atoms with E-state index < -0.39 is 0 Å². The maximum Gasteiger partial charge on any atom is 0.113 e. The first-order valence-corrected chi connectivity index (χ1v) is 9.76. The fraction of sp³-hybridized carbons (Fsp3) is 0.810. The molecule has 0 fully saturated rings. The quantitative estimate of drug-likeness (QED) is 0.608. The fourth-order valence-corrected chi connectivity index (χ4v) is 3.86. The van der Waals surface area contributed by atoms with Crippen LogP contribution in [0, 0.1) is 0 Å². The van der Waals surface area contributed by atoms with Crippen LogP contribution in [0.3, 0.4) is 0 Å². The van der Waals surface area contributed by atoms with Crippen molar-refractivity contribution in [3.05, 3.63) is 23.6 Å². The van der Waals surface area contributed by atoms with E-state index in [2.05, 4.69) is 57.4 Å². The van der Waals surface area contributed by atoms with Crippen molar-refractivity contribution < 1.29 is 4.39 Å². The Balaban J connectivity index is 0.000000240. The molecule has 2 atom stereocenters. The summed E-state index contributed by atoms with van der Waals surface area (Å²) in [5, 5.41) is 0. The lowest BCUT2D eigenvalue weighted by Crippen LogP contribution is -2.38. The van der Waals surface area contributed by atoms with Crippen molar-refractivity contribution in [2.45, 2.75) is 98.3 Å². The van der Waals surface area contributed by atoms with Crippen molar-refractivity contribution in [3.63, 3.8) is 0 Å². The number of allylic oxidation sites excluding steroid dienone is 1. The SMILES string of the molecule is CC(C)N1CCCC=C(F)C1C.CC1=CCCN(C(C)C)C(C)C1. The van der Waals surface area contributed by atoms with Crippen LogP contribution in [-0.2, 0) is 0 Å². The van der Waals surface area contributed by atoms with Crippen LogP contribution in [0.4, 0.5) is 4.39 Å². The molecule has 0 aromatic carbocycles. The number of nitrogens with zero attached hydrogens (tertiary/aromatic N) is 2. The Morgan fingerprint density at radius 1 is 0.958 bits per heavy atom. The second-order valence-corrected chi connectivity index (χ2v) is 7.96. The van der Waals surface area contributed by atoms with Gasteiger partial charge in [0.05, 0.1) is 6.04 Å². The van der Waals surface area contributed by atoms with Crippen LogP contribution in [0.1, 0.15) is 74.1 Å². The Morgan fingerprint density at radius 3 is 2.17 bits per heavy atom. The van der Waals surface area contributed by atoms with E-state index in [1.165, 1.54) is 19.4 Å². The molecule has 140 valence electrons. The van der Waals surface area contributed by atoms with E-state index in [0.717, 1.165) is 25.4 Å². The normalized spacial score (nSPS) is 27.1. The highest BCUT2D eigenvalue weighted by atomic mass is 19.1. The lowest BCUT2D eigenvalue weighted by atomic mass is 10.1. The van der Waals surface area contributed by atoms with Crippen LogP contribution in [-0.4, -0.2) is 47.1 Å². The Labute approximate surface area is 149 Å². The molecule has 0 spiro atoms. The molecule has 0 bridgehead atoms. The molecule has 0 radical (unpaired) electrons. The third-order valence-corrected chi connectivity index (χ3v) is 5.25. The highest BCUT2D eigenvalue weighted by molar-refractivity contribution is 5.04. The minimum Gasteiger partial charge on any atom is -0.298 e. The van der Waals surface area contributed by atoms with Gasteiger partial charge >= 0.3 is 0 Å². The molecule has 2 aliphatic rings. The third-order valence-electron chi connectivity index (χ3n) is 5.25. The summed E-state index contributed by atoms with van der Waals surface area (Å²) in [5.41, 5.74) is 1.56. The van der Waals surface area contributed by atoms with Crippen LogP contribution in [0.2, 0.25) is 0 Å². The highest BCUT2D eigenvalue weighted by Gasteiger charge is 2.22. The van der Waals surface area contributed by atoms with E-state index in [1.807, 2.05) is 6.92 Å². The zero-order valence-corrected chi connectivity index (χ0v) is 17.0. The van der Waals surface area contributed by atoms with Gasteiger partial charge in [0.2, 0.25) is 0 Å². The molecule has 3 heteroatoms. The van der Waals surface area contributed by atoms with Crippen molar-refractivity contribution >= 4 is 0 Å². The van der Waals surface area contributed by atoms with Gasteiger partial charge in [-0.15, -0.1) is 0 Å². The lowest BCUT2D eigenvalue weighted by molar-refractivity contribution is 0.171. The maximum atomic E-state index is 13.3. The van der Waals surface area contributed by atoms with Crippen LogP contribution in [0.15, 0.2) is 23.6 Å². The number of hydrogen-bond donors (Lipinski definition) is 0. The molecule has 2 aliphatic heterocycles. The van der Waals surface area contributed by atoms with E-state index in [-0.39, 0.29) is 11.9 Å². The van der Waals surface area contributed by atoms with Gasteiger partial charge in [-0.2, -0.15) is 0 Å². The molecule has 2 nitrogen and oxygen atoms in total. The fourth-order valence-electron chi connectivity index (χ4n) is 3.86. The lowest BCUT2D eigenvalue weighted by Gasteiger charge is -2.31. The average molecular weight is 339 g/mol. The molecule has 0 aromatic heterocycles. The molecule has 2 rings (SSSR count). The van der Waals surface area contributed by atoms with Gasteiger partial charge in [0.1, 0.15) is 5.83 Å². The molecule has 0 aliphatic carbocycles. The van der Waals surface area contributed by atoms with E-state index in [0.29, 0.717) is 12.1 Å². The van der Waals surface area contributed by atoms with Crippen molar-refractivity contribution in [2.24, 2.45) is 0 Å². The Hall–Kier alpha value is -0.670. The molecule has 2 heterocycles. The first-order valence-electron chi connectivity index (χ1n) is 9.76. The number of hydrogen-bond acceptors (Lipinski definition) is 2. The van der Waals surface area contributed by atoms with Gasteiger partial charge in [0.15, 0.2) is 0 Å². The molecule has 0 aromatic rings. The first-order chi connectivity index (χ1) is 11.2. The molecule has 0 amide bonds. The molecule has 0 saturated carbocycles. The van der Waals surface area contributed by atoms with Crippen LogP contribution in [0.5, 0.6) is 0 Å². The zero-order chi connectivity index (χ0) is 18.3. The summed E-state index contributed by atoms with van der Waals surface area (Å²) in [4.78, 5) is 4.80. The van der Waals surface area contributed by atoms with Crippen molar-refractivity contribution in [3.8, 4) is 0 Å². The van der Waals surface area contributed by atoms with Gasteiger partial charge in [-0.05, 0) is 80.7 Å². The van der Waals surface area contributed by atoms with E-state index in [9.17, 15) is 4.39 Å². The zero-order valence-electron chi connectivity index (χ0n) is 17.0. The van der Waals surface area contributed by atoms with Gasteiger partial charge in [-0.1, -0.05) is 17.7 Å². The van der Waals surface area contributed by atoms with Gasteiger partial charge in [-0.3, -0.25) is 9.80 Å². The first kappa shape index (κ1) is 21.4.